The van der Waals surface area contributed by atoms with Crippen LogP contribution in [0.25, 0.3) is 0 Å². The van der Waals surface area contributed by atoms with Gasteiger partial charge in [0.05, 0.1) is 12.3 Å². The molecule has 0 aliphatic carbocycles. The van der Waals surface area contributed by atoms with Crippen molar-refractivity contribution in [3.63, 3.8) is 0 Å². The fraction of sp³-hybridized carbons (Fsp3) is 0.900. The Bertz CT molecular complexity index is 338. The second-order valence-corrected chi connectivity index (χ2v) is 7.12. The molecule has 0 bridgehead atoms. The van der Waals surface area contributed by atoms with Gasteiger partial charge in [0.25, 0.3) is 0 Å². The van der Waals surface area contributed by atoms with Crippen LogP contribution in [0.5, 0.6) is 0 Å². The summed E-state index contributed by atoms with van der Waals surface area (Å²) in [6.07, 6.45) is 16.4. The maximum absolute atomic E-state index is 11.9. The van der Waals surface area contributed by atoms with Crippen molar-refractivity contribution in [2.24, 2.45) is 11.8 Å². The van der Waals surface area contributed by atoms with Gasteiger partial charge in [-0.1, -0.05) is 84.5 Å². The van der Waals surface area contributed by atoms with Crippen molar-refractivity contribution in [3.05, 3.63) is 0 Å². The summed E-state index contributed by atoms with van der Waals surface area (Å²) in [6, 6.07) is 0. The molecule has 1 rings (SSSR count). The summed E-state index contributed by atoms with van der Waals surface area (Å²) in [5.74, 6) is -0.399. The van der Waals surface area contributed by atoms with E-state index in [9.17, 15) is 9.59 Å². The third-order valence-corrected chi connectivity index (χ3v) is 5.08. The first-order valence-electron chi connectivity index (χ1n) is 9.93. The highest BCUT2D eigenvalue weighted by molar-refractivity contribution is 5.94. The van der Waals surface area contributed by atoms with Crippen LogP contribution >= 0.6 is 0 Å². The minimum absolute atomic E-state index is 0.163. The number of rotatable bonds is 14. The third-order valence-electron chi connectivity index (χ3n) is 5.08. The number of unbranched alkanes of at least 4 members (excludes halogenated alkanes) is 9. The Hall–Kier alpha value is -0.860. The van der Waals surface area contributed by atoms with Crippen molar-refractivity contribution in [2.45, 2.75) is 104 Å². The molecule has 0 aromatic carbocycles. The molecule has 3 heteroatoms. The average Bonchev–Trinajstić information content (AvgIpc) is 2.87. The van der Waals surface area contributed by atoms with Crippen LogP contribution in [0, 0.1) is 11.8 Å². The van der Waals surface area contributed by atoms with Gasteiger partial charge >= 0.3 is 11.9 Å². The first kappa shape index (κ1) is 20.2. The van der Waals surface area contributed by atoms with E-state index in [-0.39, 0.29) is 17.9 Å². The van der Waals surface area contributed by atoms with Crippen LogP contribution in [0.3, 0.4) is 0 Å². The van der Waals surface area contributed by atoms with E-state index in [2.05, 4.69) is 13.8 Å². The SMILES string of the molecule is CCCCCCCCC(CCCCCCC)C1CC(=O)OC1=O. The molecule has 1 fully saturated rings. The molecule has 0 N–H and O–H groups in total. The normalized spacial score (nSPS) is 19.1. The summed E-state index contributed by atoms with van der Waals surface area (Å²) in [7, 11) is 0. The van der Waals surface area contributed by atoms with Crippen molar-refractivity contribution >= 4 is 11.9 Å². The molecule has 2 unspecified atom stereocenters. The average molecular weight is 325 g/mol. The van der Waals surface area contributed by atoms with E-state index in [1.165, 1.54) is 70.6 Å². The van der Waals surface area contributed by atoms with E-state index in [1.54, 1.807) is 0 Å². The molecule has 134 valence electrons. The molecule has 0 aromatic heterocycles. The van der Waals surface area contributed by atoms with Gasteiger partial charge in [-0.2, -0.15) is 0 Å². The monoisotopic (exact) mass is 324 g/mol. The van der Waals surface area contributed by atoms with Crippen LogP contribution in [-0.2, 0) is 14.3 Å². The highest BCUT2D eigenvalue weighted by Gasteiger charge is 2.38. The molecule has 0 aromatic rings. The van der Waals surface area contributed by atoms with Gasteiger partial charge in [0.1, 0.15) is 0 Å². The zero-order valence-corrected chi connectivity index (χ0v) is 15.3. The maximum atomic E-state index is 11.9. The van der Waals surface area contributed by atoms with Crippen LogP contribution in [0.1, 0.15) is 104 Å². The van der Waals surface area contributed by atoms with Crippen LogP contribution in [-0.4, -0.2) is 11.9 Å². The largest absolute Gasteiger partial charge is 0.393 e. The van der Waals surface area contributed by atoms with Crippen molar-refractivity contribution in [2.75, 3.05) is 0 Å². The van der Waals surface area contributed by atoms with Crippen molar-refractivity contribution in [3.8, 4) is 0 Å². The van der Waals surface area contributed by atoms with Gasteiger partial charge in [0.15, 0.2) is 0 Å². The van der Waals surface area contributed by atoms with E-state index < -0.39 is 0 Å². The lowest BCUT2D eigenvalue weighted by molar-refractivity contribution is -0.153. The Morgan fingerprint density at radius 1 is 0.826 bits per heavy atom. The minimum atomic E-state index is -0.320. The Balaban J connectivity index is 2.32. The van der Waals surface area contributed by atoms with Crippen LogP contribution < -0.4 is 0 Å². The lowest BCUT2D eigenvalue weighted by Gasteiger charge is -2.20. The Morgan fingerprint density at radius 2 is 1.30 bits per heavy atom. The second kappa shape index (κ2) is 12.5. The van der Waals surface area contributed by atoms with E-state index in [0.717, 1.165) is 12.8 Å². The number of esters is 2. The molecule has 1 aliphatic rings. The summed E-state index contributed by atoms with van der Waals surface area (Å²) in [4.78, 5) is 23.3. The van der Waals surface area contributed by atoms with Gasteiger partial charge in [-0.25, -0.2) is 0 Å². The van der Waals surface area contributed by atoms with E-state index in [0.29, 0.717) is 12.3 Å². The third kappa shape index (κ3) is 8.53. The summed E-state index contributed by atoms with van der Waals surface area (Å²) in [5, 5.41) is 0. The van der Waals surface area contributed by atoms with E-state index >= 15 is 0 Å². The summed E-state index contributed by atoms with van der Waals surface area (Å²) < 4.78 is 4.78. The first-order chi connectivity index (χ1) is 11.2. The maximum Gasteiger partial charge on any atom is 0.317 e. The Morgan fingerprint density at radius 3 is 1.74 bits per heavy atom. The zero-order valence-electron chi connectivity index (χ0n) is 15.3. The van der Waals surface area contributed by atoms with Gasteiger partial charge in [0.2, 0.25) is 0 Å². The number of cyclic esters (lactones) is 2. The fourth-order valence-electron chi connectivity index (χ4n) is 3.60. The van der Waals surface area contributed by atoms with Gasteiger partial charge < -0.3 is 4.74 Å². The Kier molecular flexibility index (Phi) is 11.0. The van der Waals surface area contributed by atoms with Crippen LogP contribution in [0.4, 0.5) is 0 Å². The number of hydrogen-bond donors (Lipinski definition) is 0. The second-order valence-electron chi connectivity index (χ2n) is 7.12. The molecule has 0 amide bonds. The van der Waals surface area contributed by atoms with Crippen LogP contribution in [0.15, 0.2) is 0 Å². The lowest BCUT2D eigenvalue weighted by Crippen LogP contribution is -2.19. The number of hydrogen-bond acceptors (Lipinski definition) is 3. The predicted molar refractivity (Wildman–Crippen MR) is 94.1 cm³/mol. The highest BCUT2D eigenvalue weighted by Crippen LogP contribution is 2.32. The fourth-order valence-corrected chi connectivity index (χ4v) is 3.60. The number of carbonyl (C=O) groups excluding carboxylic acids is 2. The lowest BCUT2D eigenvalue weighted by atomic mass is 9.82. The number of carbonyl (C=O) groups is 2. The quantitative estimate of drug-likeness (QED) is 0.230. The van der Waals surface area contributed by atoms with Gasteiger partial charge in [-0.05, 0) is 18.8 Å². The van der Waals surface area contributed by atoms with Crippen LogP contribution in [0.2, 0.25) is 0 Å². The molecule has 0 saturated carbocycles. The minimum Gasteiger partial charge on any atom is -0.393 e. The zero-order chi connectivity index (χ0) is 16.9. The Labute approximate surface area is 142 Å². The summed E-state index contributed by atoms with van der Waals surface area (Å²) >= 11 is 0. The standard InChI is InChI=1S/C20H36O3/c1-3-5-7-9-11-13-15-17(14-12-10-8-6-4-2)18-16-19(21)23-20(18)22/h17-18H,3-16H2,1-2H3. The van der Waals surface area contributed by atoms with Crippen molar-refractivity contribution in [1.82, 2.24) is 0 Å². The molecular formula is C20H36O3. The molecule has 1 heterocycles. The molecule has 2 atom stereocenters. The summed E-state index contributed by atoms with van der Waals surface area (Å²) in [6.45, 7) is 4.46. The van der Waals surface area contributed by atoms with E-state index in [1.807, 2.05) is 0 Å². The smallest absolute Gasteiger partial charge is 0.317 e. The molecular weight excluding hydrogens is 288 g/mol. The molecule has 1 aliphatic heterocycles. The molecule has 3 nitrogen and oxygen atoms in total. The van der Waals surface area contributed by atoms with Gasteiger partial charge in [-0.15, -0.1) is 0 Å². The topological polar surface area (TPSA) is 43.4 Å². The summed E-state index contributed by atoms with van der Waals surface area (Å²) in [5.41, 5.74) is 0. The van der Waals surface area contributed by atoms with Crippen molar-refractivity contribution in [1.29, 1.82) is 0 Å². The van der Waals surface area contributed by atoms with Crippen molar-refractivity contribution < 1.29 is 14.3 Å². The number of ether oxygens (including phenoxy) is 1. The van der Waals surface area contributed by atoms with Gasteiger partial charge in [-0.3, -0.25) is 9.59 Å². The molecule has 0 spiro atoms. The molecule has 1 saturated heterocycles. The molecule has 23 heavy (non-hydrogen) atoms. The highest BCUT2D eigenvalue weighted by atomic mass is 16.6. The molecule has 0 radical (unpaired) electrons. The predicted octanol–water partition coefficient (Wildman–Crippen LogP) is 5.80. The van der Waals surface area contributed by atoms with Gasteiger partial charge in [0, 0.05) is 0 Å². The first-order valence-corrected chi connectivity index (χ1v) is 9.93. The van der Waals surface area contributed by atoms with E-state index in [4.69, 9.17) is 4.74 Å².